The van der Waals surface area contributed by atoms with Gasteiger partial charge in [-0.15, -0.1) is 0 Å². The van der Waals surface area contributed by atoms with Gasteiger partial charge in [-0.05, 0) is 58.5 Å². The maximum absolute atomic E-state index is 2.34. The van der Waals surface area contributed by atoms with Gasteiger partial charge >= 0.3 is 0 Å². The second-order valence-corrected chi connectivity index (χ2v) is 7.74. The number of benzene rings is 2. The molecule has 0 saturated heterocycles. The van der Waals surface area contributed by atoms with E-state index >= 15 is 0 Å². The van der Waals surface area contributed by atoms with E-state index in [9.17, 15) is 0 Å². The first-order chi connectivity index (χ1) is 11.4. The minimum atomic E-state index is 0.193. The molecule has 1 heteroatoms. The van der Waals surface area contributed by atoms with Crippen LogP contribution in [-0.4, -0.2) is 11.9 Å². The first kappa shape index (κ1) is 16.6. The number of hydrogen-bond donors (Lipinski definition) is 0. The van der Waals surface area contributed by atoms with Gasteiger partial charge in [0.1, 0.15) is 0 Å². The molecule has 0 bridgehead atoms. The molecule has 0 fully saturated rings. The predicted octanol–water partition coefficient (Wildman–Crippen LogP) is 6.02. The smallest absolute Gasteiger partial charge is 0.0723 e. The summed E-state index contributed by atoms with van der Waals surface area (Å²) in [6, 6.07) is 16.1. The van der Waals surface area contributed by atoms with Gasteiger partial charge in [0.2, 0.25) is 0 Å². The molecular formula is C23H27N. The van der Waals surface area contributed by atoms with Crippen LogP contribution in [0.5, 0.6) is 0 Å². The van der Waals surface area contributed by atoms with Crippen LogP contribution in [0.2, 0.25) is 0 Å². The number of hydrogen-bond acceptors (Lipinski definition) is 1. The van der Waals surface area contributed by atoms with Crippen molar-refractivity contribution >= 4 is 0 Å². The molecule has 0 saturated carbocycles. The van der Waals surface area contributed by atoms with Crippen LogP contribution in [0.4, 0.5) is 0 Å². The third kappa shape index (κ3) is 3.31. The molecule has 1 atom stereocenters. The molecule has 0 aromatic heterocycles. The van der Waals surface area contributed by atoms with Crippen LogP contribution in [-0.2, 0) is 5.41 Å². The van der Waals surface area contributed by atoms with Gasteiger partial charge in [-0.1, -0.05) is 69.3 Å². The summed E-state index contributed by atoms with van der Waals surface area (Å²) >= 11 is 0. The van der Waals surface area contributed by atoms with Gasteiger partial charge in [0.05, 0.1) is 6.04 Å². The Morgan fingerprint density at radius 3 is 2.17 bits per heavy atom. The van der Waals surface area contributed by atoms with E-state index in [0.29, 0.717) is 6.04 Å². The fraction of sp³-hybridized carbons (Fsp3) is 0.304. The maximum atomic E-state index is 2.34. The Labute approximate surface area is 146 Å². The zero-order chi connectivity index (χ0) is 17.3. The largest absolute Gasteiger partial charge is 0.370 e. The number of rotatable bonds is 2. The van der Waals surface area contributed by atoms with Crippen LogP contribution in [0.1, 0.15) is 43.5 Å². The Balaban J connectivity index is 1.97. The van der Waals surface area contributed by atoms with Crippen molar-refractivity contribution in [3.63, 3.8) is 0 Å². The summed E-state index contributed by atoms with van der Waals surface area (Å²) < 4.78 is 0. The fourth-order valence-corrected chi connectivity index (χ4v) is 3.21. The fourth-order valence-electron chi connectivity index (χ4n) is 3.21. The van der Waals surface area contributed by atoms with Gasteiger partial charge in [-0.25, -0.2) is 0 Å². The van der Waals surface area contributed by atoms with Crippen LogP contribution >= 0.6 is 0 Å². The zero-order valence-electron chi connectivity index (χ0n) is 15.4. The zero-order valence-corrected chi connectivity index (χ0v) is 15.4. The number of aryl methyl sites for hydroxylation is 1. The lowest BCUT2D eigenvalue weighted by Crippen LogP contribution is -2.19. The highest BCUT2D eigenvalue weighted by molar-refractivity contribution is 5.66. The third-order valence-corrected chi connectivity index (χ3v) is 4.85. The minimum Gasteiger partial charge on any atom is -0.370 e. The Morgan fingerprint density at radius 1 is 0.875 bits per heavy atom. The van der Waals surface area contributed by atoms with Crippen LogP contribution in [0, 0.1) is 6.92 Å². The number of likely N-dealkylation sites (N-methyl/N-ethyl adjacent to an activating group) is 1. The first-order valence-electron chi connectivity index (χ1n) is 8.65. The molecule has 1 aliphatic rings. The summed E-state index contributed by atoms with van der Waals surface area (Å²) in [4.78, 5) is 2.26. The Morgan fingerprint density at radius 2 is 1.54 bits per heavy atom. The molecular weight excluding hydrogens is 290 g/mol. The molecule has 1 nitrogen and oxygen atoms in total. The lowest BCUT2D eigenvalue weighted by molar-refractivity contribution is 0.388. The summed E-state index contributed by atoms with van der Waals surface area (Å²) in [5.41, 5.74) is 6.84. The second kappa shape index (κ2) is 6.32. The van der Waals surface area contributed by atoms with Crippen LogP contribution < -0.4 is 0 Å². The molecule has 0 aliphatic carbocycles. The Hall–Kier alpha value is -2.28. The van der Waals surface area contributed by atoms with Crippen molar-refractivity contribution in [3.8, 4) is 11.1 Å². The molecule has 0 radical (unpaired) electrons. The highest BCUT2D eigenvalue weighted by Gasteiger charge is 2.17. The van der Waals surface area contributed by atoms with E-state index in [2.05, 4.69) is 107 Å². The average molecular weight is 317 g/mol. The van der Waals surface area contributed by atoms with E-state index < -0.39 is 0 Å². The van der Waals surface area contributed by atoms with Crippen molar-refractivity contribution in [2.75, 3.05) is 7.05 Å². The van der Waals surface area contributed by atoms with Gasteiger partial charge in [0.25, 0.3) is 0 Å². The highest BCUT2D eigenvalue weighted by Crippen LogP contribution is 2.32. The van der Waals surface area contributed by atoms with Crippen LogP contribution in [0.15, 0.2) is 66.9 Å². The van der Waals surface area contributed by atoms with Crippen molar-refractivity contribution in [1.82, 2.24) is 4.90 Å². The average Bonchev–Trinajstić information content (AvgIpc) is 2.55. The lowest BCUT2D eigenvalue weighted by atomic mass is 9.86. The standard InChI is InChI=1S/C23H27N/c1-17-9-10-19(16-21(17)22-8-6-7-15-24(22)5)18-11-13-20(14-12-18)23(2,3)4/h6-16,22H,1-5H3. The molecule has 124 valence electrons. The van der Waals surface area contributed by atoms with Gasteiger partial charge in [-0.2, -0.15) is 0 Å². The summed E-state index contributed by atoms with van der Waals surface area (Å²) in [5, 5.41) is 0. The monoisotopic (exact) mass is 317 g/mol. The Kier molecular flexibility index (Phi) is 4.36. The molecule has 0 spiro atoms. The van der Waals surface area contributed by atoms with Crippen LogP contribution in [0.3, 0.4) is 0 Å². The normalized spacial score (nSPS) is 17.4. The van der Waals surface area contributed by atoms with Crippen LogP contribution in [0.25, 0.3) is 11.1 Å². The van der Waals surface area contributed by atoms with Crippen molar-refractivity contribution < 1.29 is 0 Å². The predicted molar refractivity (Wildman–Crippen MR) is 104 cm³/mol. The van der Waals surface area contributed by atoms with Crippen molar-refractivity contribution in [2.45, 2.75) is 39.2 Å². The topological polar surface area (TPSA) is 3.24 Å². The SMILES string of the molecule is Cc1ccc(-c2ccc(C(C)(C)C)cc2)cc1C1C=CC=CN1C. The molecule has 0 N–H and O–H groups in total. The van der Waals surface area contributed by atoms with E-state index in [0.717, 1.165) is 0 Å². The summed E-state index contributed by atoms with van der Waals surface area (Å²) in [5.74, 6) is 0. The number of nitrogens with zero attached hydrogens (tertiary/aromatic N) is 1. The van der Waals surface area contributed by atoms with E-state index in [1.807, 2.05) is 0 Å². The lowest BCUT2D eigenvalue weighted by Gasteiger charge is -2.28. The third-order valence-electron chi connectivity index (χ3n) is 4.85. The molecule has 1 heterocycles. The second-order valence-electron chi connectivity index (χ2n) is 7.74. The molecule has 0 amide bonds. The van der Waals surface area contributed by atoms with Gasteiger partial charge < -0.3 is 4.90 Å². The summed E-state index contributed by atoms with van der Waals surface area (Å²) in [6.45, 7) is 8.96. The summed E-state index contributed by atoms with van der Waals surface area (Å²) in [7, 11) is 2.13. The van der Waals surface area contributed by atoms with E-state index in [1.54, 1.807) is 0 Å². The minimum absolute atomic E-state index is 0.193. The Bertz CT molecular complexity index is 773. The molecule has 1 unspecified atom stereocenters. The molecule has 24 heavy (non-hydrogen) atoms. The van der Waals surface area contributed by atoms with Gasteiger partial charge in [-0.3, -0.25) is 0 Å². The van der Waals surface area contributed by atoms with Gasteiger partial charge in [0, 0.05) is 7.05 Å². The first-order valence-corrected chi connectivity index (χ1v) is 8.65. The molecule has 2 aromatic rings. The molecule has 3 rings (SSSR count). The summed E-state index contributed by atoms with van der Waals surface area (Å²) in [6.07, 6.45) is 8.61. The molecule has 2 aromatic carbocycles. The van der Waals surface area contributed by atoms with Crippen molar-refractivity contribution in [3.05, 3.63) is 83.6 Å². The molecule has 1 aliphatic heterocycles. The van der Waals surface area contributed by atoms with E-state index in [4.69, 9.17) is 0 Å². The van der Waals surface area contributed by atoms with Gasteiger partial charge in [0.15, 0.2) is 0 Å². The van der Waals surface area contributed by atoms with Crippen molar-refractivity contribution in [2.24, 2.45) is 0 Å². The highest BCUT2D eigenvalue weighted by atomic mass is 15.1. The quantitative estimate of drug-likeness (QED) is 0.655. The van der Waals surface area contributed by atoms with Crippen molar-refractivity contribution in [1.29, 1.82) is 0 Å². The van der Waals surface area contributed by atoms with E-state index in [1.165, 1.54) is 27.8 Å². The number of allylic oxidation sites excluding steroid dienone is 2. The maximum Gasteiger partial charge on any atom is 0.0723 e. The van der Waals surface area contributed by atoms with E-state index in [-0.39, 0.29) is 5.41 Å².